The zero-order chi connectivity index (χ0) is 7.40. The fourth-order valence-electron chi connectivity index (χ4n) is 0.734. The molecule has 0 aromatic heterocycles. The van der Waals surface area contributed by atoms with E-state index in [4.69, 9.17) is 4.74 Å². The molecule has 0 heterocycles. The van der Waals surface area contributed by atoms with E-state index in [1.54, 1.807) is 0 Å². The number of benzene rings is 1. The molecule has 57 valence electrons. The quantitative estimate of drug-likeness (QED) is 0.699. The van der Waals surface area contributed by atoms with Crippen LogP contribution < -0.4 is 4.74 Å². The van der Waals surface area contributed by atoms with E-state index in [1.807, 2.05) is 32.0 Å². The predicted octanol–water partition coefficient (Wildman–Crippen LogP) is 2.19. The molecule has 11 heavy (non-hydrogen) atoms. The number of ether oxygens (including phenoxy) is 1. The fraction of sp³-hybridized carbons (Fsp3) is 0.333. The van der Waals surface area contributed by atoms with Gasteiger partial charge in [-0.05, 0) is 6.92 Å². The van der Waals surface area contributed by atoms with Gasteiger partial charge in [-0.2, -0.15) is 17.7 Å². The largest absolute Gasteiger partial charge is 0.520 e. The van der Waals surface area contributed by atoms with E-state index in [0.717, 1.165) is 5.75 Å². The van der Waals surface area contributed by atoms with Crippen molar-refractivity contribution in [2.75, 3.05) is 6.61 Å². The van der Waals surface area contributed by atoms with E-state index in [2.05, 4.69) is 6.07 Å². The second-order valence-corrected chi connectivity index (χ2v) is 2.16. The first-order valence-corrected chi connectivity index (χ1v) is 3.44. The van der Waals surface area contributed by atoms with Crippen molar-refractivity contribution in [3.05, 3.63) is 29.8 Å². The van der Waals surface area contributed by atoms with Crippen molar-refractivity contribution >= 4 is 0 Å². The van der Waals surface area contributed by atoms with Gasteiger partial charge in [0.2, 0.25) is 0 Å². The molecule has 0 aliphatic carbocycles. The van der Waals surface area contributed by atoms with Gasteiger partial charge in [0.05, 0.1) is 6.61 Å². The van der Waals surface area contributed by atoms with Gasteiger partial charge in [-0.1, -0.05) is 6.92 Å². The molecule has 0 spiro atoms. The van der Waals surface area contributed by atoms with Crippen LogP contribution in [-0.4, -0.2) is 6.61 Å². The standard InChI is InChI=1S/C9H11O.Y/c1-3-10-9-6-4-8(2)5-7-9;/h4-6H,3H2,1-2H3;/q-1;. The van der Waals surface area contributed by atoms with Crippen molar-refractivity contribution in [2.45, 2.75) is 13.8 Å². The third-order valence-corrected chi connectivity index (χ3v) is 1.24. The summed E-state index contributed by atoms with van der Waals surface area (Å²) in [4.78, 5) is 0. The van der Waals surface area contributed by atoms with Crippen LogP contribution in [0.1, 0.15) is 12.5 Å². The summed E-state index contributed by atoms with van der Waals surface area (Å²) < 4.78 is 5.21. The van der Waals surface area contributed by atoms with Gasteiger partial charge in [0.15, 0.2) is 0 Å². The van der Waals surface area contributed by atoms with Gasteiger partial charge in [0, 0.05) is 38.5 Å². The van der Waals surface area contributed by atoms with Crippen LogP contribution in [0.25, 0.3) is 0 Å². The van der Waals surface area contributed by atoms with Crippen LogP contribution in [-0.2, 0) is 32.7 Å². The van der Waals surface area contributed by atoms with Crippen LogP contribution in [0.2, 0.25) is 0 Å². The third-order valence-electron chi connectivity index (χ3n) is 1.24. The Morgan fingerprint density at radius 2 is 2.18 bits per heavy atom. The summed E-state index contributed by atoms with van der Waals surface area (Å²) in [7, 11) is 0. The second kappa shape index (κ2) is 5.73. The first-order chi connectivity index (χ1) is 4.83. The molecule has 0 saturated carbocycles. The Morgan fingerprint density at radius 3 is 2.64 bits per heavy atom. The van der Waals surface area contributed by atoms with Crippen LogP contribution in [0.3, 0.4) is 0 Å². The molecule has 0 aliphatic heterocycles. The summed E-state index contributed by atoms with van der Waals surface area (Å²) in [6, 6.07) is 8.88. The average Bonchev–Trinajstić information content (AvgIpc) is 1.95. The minimum atomic E-state index is 0. The maximum atomic E-state index is 5.21. The summed E-state index contributed by atoms with van der Waals surface area (Å²) in [5.74, 6) is 0.827. The van der Waals surface area contributed by atoms with Gasteiger partial charge in [0.1, 0.15) is 0 Å². The molecular formula is C9H11OY-. The van der Waals surface area contributed by atoms with E-state index in [9.17, 15) is 0 Å². The molecule has 2 heteroatoms. The summed E-state index contributed by atoms with van der Waals surface area (Å²) in [6.45, 7) is 4.71. The van der Waals surface area contributed by atoms with Crippen molar-refractivity contribution in [3.8, 4) is 5.75 Å². The average molecular weight is 224 g/mol. The van der Waals surface area contributed by atoms with Crippen LogP contribution in [0, 0.1) is 13.0 Å². The number of hydrogen-bond donors (Lipinski definition) is 0. The minimum Gasteiger partial charge on any atom is -0.520 e. The Labute approximate surface area is 93.0 Å². The van der Waals surface area contributed by atoms with E-state index in [1.165, 1.54) is 5.56 Å². The number of rotatable bonds is 2. The molecule has 0 amide bonds. The monoisotopic (exact) mass is 224 g/mol. The van der Waals surface area contributed by atoms with Crippen molar-refractivity contribution < 1.29 is 37.4 Å². The zero-order valence-electron chi connectivity index (χ0n) is 6.92. The molecule has 1 radical (unpaired) electrons. The predicted molar refractivity (Wildman–Crippen MR) is 41.2 cm³/mol. The molecule has 1 nitrogen and oxygen atoms in total. The Kier molecular flexibility index (Phi) is 5.80. The van der Waals surface area contributed by atoms with Crippen LogP contribution in [0.15, 0.2) is 18.2 Å². The fourth-order valence-corrected chi connectivity index (χ4v) is 0.734. The van der Waals surface area contributed by atoms with E-state index in [0.29, 0.717) is 6.61 Å². The second-order valence-electron chi connectivity index (χ2n) is 2.16. The number of hydrogen-bond acceptors (Lipinski definition) is 1. The molecular weight excluding hydrogens is 213 g/mol. The van der Waals surface area contributed by atoms with Crippen molar-refractivity contribution in [1.82, 2.24) is 0 Å². The molecule has 0 atom stereocenters. The third kappa shape index (κ3) is 3.88. The van der Waals surface area contributed by atoms with Crippen LogP contribution >= 0.6 is 0 Å². The summed E-state index contributed by atoms with van der Waals surface area (Å²) in [5.41, 5.74) is 1.21. The molecule has 0 saturated heterocycles. The van der Waals surface area contributed by atoms with Crippen LogP contribution in [0.5, 0.6) is 5.75 Å². The van der Waals surface area contributed by atoms with Gasteiger partial charge in [-0.15, -0.1) is 12.1 Å². The van der Waals surface area contributed by atoms with Crippen molar-refractivity contribution in [1.29, 1.82) is 0 Å². The van der Waals surface area contributed by atoms with Gasteiger partial charge in [-0.25, -0.2) is 0 Å². The van der Waals surface area contributed by atoms with Gasteiger partial charge in [0.25, 0.3) is 0 Å². The minimum absolute atomic E-state index is 0. The molecule has 1 rings (SSSR count). The smallest absolute Gasteiger partial charge is 0.0822 e. The Balaban J connectivity index is 0.000001000. The van der Waals surface area contributed by atoms with Crippen LogP contribution in [0.4, 0.5) is 0 Å². The number of aryl methyl sites for hydroxylation is 1. The molecule has 0 aliphatic rings. The van der Waals surface area contributed by atoms with Gasteiger partial charge >= 0.3 is 0 Å². The Morgan fingerprint density at radius 1 is 1.45 bits per heavy atom. The maximum Gasteiger partial charge on any atom is 0.0822 e. The summed E-state index contributed by atoms with van der Waals surface area (Å²) in [5, 5.41) is 0. The summed E-state index contributed by atoms with van der Waals surface area (Å²) in [6.07, 6.45) is 0. The Bertz CT molecular complexity index is 193. The Hall–Kier alpha value is 0.124. The normalized spacial score (nSPS) is 8.55. The first-order valence-electron chi connectivity index (χ1n) is 3.44. The summed E-state index contributed by atoms with van der Waals surface area (Å²) >= 11 is 0. The van der Waals surface area contributed by atoms with E-state index < -0.39 is 0 Å². The van der Waals surface area contributed by atoms with E-state index >= 15 is 0 Å². The molecule has 0 unspecified atom stereocenters. The molecule has 0 fully saturated rings. The molecule has 0 N–H and O–H groups in total. The zero-order valence-corrected chi connectivity index (χ0v) is 9.76. The molecule has 1 aromatic carbocycles. The molecule has 0 bridgehead atoms. The van der Waals surface area contributed by atoms with Crippen molar-refractivity contribution in [2.24, 2.45) is 0 Å². The SMILES string of the molecule is CCOc1[c-]cc(C)cc1.[Y]. The first kappa shape index (κ1) is 11.1. The van der Waals surface area contributed by atoms with Gasteiger partial charge < -0.3 is 4.74 Å². The van der Waals surface area contributed by atoms with Gasteiger partial charge in [-0.3, -0.25) is 0 Å². The van der Waals surface area contributed by atoms with E-state index in [-0.39, 0.29) is 32.7 Å². The maximum absolute atomic E-state index is 5.21. The molecule has 1 aromatic rings. The topological polar surface area (TPSA) is 9.23 Å². The van der Waals surface area contributed by atoms with Crippen molar-refractivity contribution in [3.63, 3.8) is 0 Å².